The maximum atomic E-state index is 12.2. The number of fused-ring (bicyclic) bond motifs is 1. The Labute approximate surface area is 130 Å². The van der Waals surface area contributed by atoms with Crippen molar-refractivity contribution in [3.63, 3.8) is 0 Å². The second-order valence-electron chi connectivity index (χ2n) is 5.39. The Bertz CT molecular complexity index is 652. The van der Waals surface area contributed by atoms with Gasteiger partial charge >= 0.3 is 0 Å². The van der Waals surface area contributed by atoms with Gasteiger partial charge in [-0.1, -0.05) is 30.3 Å². The minimum absolute atomic E-state index is 0.0396. The molecule has 0 bridgehead atoms. The van der Waals surface area contributed by atoms with Gasteiger partial charge in [-0.2, -0.15) is 0 Å². The summed E-state index contributed by atoms with van der Waals surface area (Å²) < 4.78 is 5.66. The Balaban J connectivity index is 1.45. The van der Waals surface area contributed by atoms with Crippen LogP contribution in [0.5, 0.6) is 5.75 Å². The highest BCUT2D eigenvalue weighted by atomic mass is 16.5. The zero-order chi connectivity index (χ0) is 15.4. The van der Waals surface area contributed by atoms with E-state index in [-0.39, 0.29) is 12.5 Å². The number of nitrogens with zero attached hydrogens (tertiary/aromatic N) is 1. The van der Waals surface area contributed by atoms with Crippen LogP contribution in [0.2, 0.25) is 0 Å². The normalized spacial score (nSPS) is 13.3. The van der Waals surface area contributed by atoms with E-state index in [1.54, 1.807) is 0 Å². The summed E-state index contributed by atoms with van der Waals surface area (Å²) in [6.07, 6.45) is 0.793. The summed E-state index contributed by atoms with van der Waals surface area (Å²) in [4.78, 5) is 14.1. The van der Waals surface area contributed by atoms with Crippen molar-refractivity contribution >= 4 is 5.91 Å². The number of aliphatic hydroxyl groups excluding tert-OH is 1. The molecule has 0 saturated carbocycles. The number of benzene rings is 2. The van der Waals surface area contributed by atoms with Gasteiger partial charge in [0.25, 0.3) is 5.91 Å². The van der Waals surface area contributed by atoms with Crippen molar-refractivity contribution < 1.29 is 14.6 Å². The number of carbonyl (C=O) groups is 1. The first-order valence-corrected chi connectivity index (χ1v) is 7.48. The molecule has 0 radical (unpaired) electrons. The standard InChI is InChI=1S/C18H19NO3/c20-13-14-6-8-16(9-7-14)22-11-3-10-19-12-15-4-1-2-5-17(15)18(19)21/h1-2,4-9,20H,3,10-13H2. The smallest absolute Gasteiger partial charge is 0.254 e. The second kappa shape index (κ2) is 6.62. The van der Waals surface area contributed by atoms with Gasteiger partial charge in [0.05, 0.1) is 13.2 Å². The minimum Gasteiger partial charge on any atom is -0.494 e. The molecule has 0 atom stereocenters. The molecule has 0 spiro atoms. The van der Waals surface area contributed by atoms with Gasteiger partial charge in [0, 0.05) is 18.7 Å². The molecule has 0 fully saturated rings. The van der Waals surface area contributed by atoms with Crippen molar-refractivity contribution in [1.29, 1.82) is 0 Å². The van der Waals surface area contributed by atoms with E-state index in [1.165, 1.54) is 0 Å². The molecule has 1 N–H and O–H groups in total. The van der Waals surface area contributed by atoms with Crippen LogP contribution in [-0.4, -0.2) is 29.1 Å². The van der Waals surface area contributed by atoms with Crippen LogP contribution >= 0.6 is 0 Å². The van der Waals surface area contributed by atoms with E-state index in [2.05, 4.69) is 0 Å². The number of aliphatic hydroxyl groups is 1. The average Bonchev–Trinajstić information content (AvgIpc) is 2.89. The van der Waals surface area contributed by atoms with Gasteiger partial charge in [0.1, 0.15) is 5.75 Å². The highest BCUT2D eigenvalue weighted by molar-refractivity contribution is 5.98. The lowest BCUT2D eigenvalue weighted by Gasteiger charge is -2.15. The largest absolute Gasteiger partial charge is 0.494 e. The van der Waals surface area contributed by atoms with Crippen molar-refractivity contribution in [3.05, 3.63) is 65.2 Å². The minimum atomic E-state index is 0.0396. The van der Waals surface area contributed by atoms with Gasteiger partial charge in [-0.25, -0.2) is 0 Å². The van der Waals surface area contributed by atoms with Crippen molar-refractivity contribution in [1.82, 2.24) is 4.90 Å². The number of hydrogen-bond acceptors (Lipinski definition) is 3. The molecule has 0 unspecified atom stereocenters. The van der Waals surface area contributed by atoms with Crippen molar-refractivity contribution in [2.45, 2.75) is 19.6 Å². The molecule has 4 heteroatoms. The Kier molecular flexibility index (Phi) is 4.39. The Morgan fingerprint density at radius 2 is 1.86 bits per heavy atom. The van der Waals surface area contributed by atoms with Gasteiger partial charge < -0.3 is 14.7 Å². The molecule has 2 aromatic carbocycles. The first-order chi connectivity index (χ1) is 10.8. The van der Waals surface area contributed by atoms with Crippen LogP contribution in [0.3, 0.4) is 0 Å². The molecule has 1 aliphatic rings. The van der Waals surface area contributed by atoms with E-state index < -0.39 is 0 Å². The summed E-state index contributed by atoms with van der Waals surface area (Å²) in [5.41, 5.74) is 2.80. The molecule has 0 aromatic heterocycles. The zero-order valence-corrected chi connectivity index (χ0v) is 12.4. The van der Waals surface area contributed by atoms with Crippen LogP contribution in [0, 0.1) is 0 Å². The quantitative estimate of drug-likeness (QED) is 0.834. The van der Waals surface area contributed by atoms with Crippen LogP contribution < -0.4 is 4.74 Å². The zero-order valence-electron chi connectivity index (χ0n) is 12.4. The van der Waals surface area contributed by atoms with Crippen molar-refractivity contribution in [3.8, 4) is 5.75 Å². The molecule has 0 aliphatic carbocycles. The van der Waals surface area contributed by atoms with Gasteiger partial charge in [0.2, 0.25) is 0 Å². The van der Waals surface area contributed by atoms with Crippen LogP contribution in [0.15, 0.2) is 48.5 Å². The predicted octanol–water partition coefficient (Wildman–Crippen LogP) is 2.60. The molecule has 1 heterocycles. The van der Waals surface area contributed by atoms with E-state index in [9.17, 15) is 4.79 Å². The fourth-order valence-electron chi connectivity index (χ4n) is 2.63. The molecule has 22 heavy (non-hydrogen) atoms. The van der Waals surface area contributed by atoms with Crippen LogP contribution in [0.1, 0.15) is 27.9 Å². The second-order valence-corrected chi connectivity index (χ2v) is 5.39. The van der Waals surface area contributed by atoms with Gasteiger partial charge in [-0.15, -0.1) is 0 Å². The summed E-state index contributed by atoms with van der Waals surface area (Å²) in [6.45, 7) is 2.00. The molecule has 1 aliphatic heterocycles. The first-order valence-electron chi connectivity index (χ1n) is 7.48. The predicted molar refractivity (Wildman–Crippen MR) is 83.7 cm³/mol. The summed E-state index contributed by atoms with van der Waals surface area (Å²) in [5, 5.41) is 8.98. The number of hydrogen-bond donors (Lipinski definition) is 1. The molecule has 0 saturated heterocycles. The van der Waals surface area contributed by atoms with E-state index in [1.807, 2.05) is 53.4 Å². The number of rotatable bonds is 6. The van der Waals surface area contributed by atoms with E-state index in [0.717, 1.165) is 28.9 Å². The fourth-order valence-corrected chi connectivity index (χ4v) is 2.63. The van der Waals surface area contributed by atoms with Crippen molar-refractivity contribution in [2.75, 3.05) is 13.2 Å². The van der Waals surface area contributed by atoms with E-state index in [4.69, 9.17) is 9.84 Å². The van der Waals surface area contributed by atoms with Crippen molar-refractivity contribution in [2.24, 2.45) is 0 Å². The number of ether oxygens (including phenoxy) is 1. The van der Waals surface area contributed by atoms with Crippen LogP contribution in [0.4, 0.5) is 0 Å². The Hall–Kier alpha value is -2.33. The third-order valence-corrected chi connectivity index (χ3v) is 3.84. The molecule has 1 amide bonds. The number of carbonyl (C=O) groups excluding carboxylic acids is 1. The van der Waals surface area contributed by atoms with E-state index >= 15 is 0 Å². The van der Waals surface area contributed by atoms with Gasteiger partial charge in [-0.3, -0.25) is 4.79 Å². The third kappa shape index (κ3) is 3.12. The van der Waals surface area contributed by atoms with Crippen LogP contribution in [-0.2, 0) is 13.2 Å². The van der Waals surface area contributed by atoms with Gasteiger partial charge in [-0.05, 0) is 35.7 Å². The Morgan fingerprint density at radius 3 is 2.59 bits per heavy atom. The average molecular weight is 297 g/mol. The van der Waals surface area contributed by atoms with Gasteiger partial charge in [0.15, 0.2) is 0 Å². The van der Waals surface area contributed by atoms with Crippen LogP contribution in [0.25, 0.3) is 0 Å². The molecule has 4 nitrogen and oxygen atoms in total. The molecular weight excluding hydrogens is 278 g/mol. The highest BCUT2D eigenvalue weighted by Crippen LogP contribution is 2.22. The third-order valence-electron chi connectivity index (χ3n) is 3.84. The Morgan fingerprint density at radius 1 is 1.09 bits per heavy atom. The SMILES string of the molecule is O=C1c2ccccc2CN1CCCOc1ccc(CO)cc1. The maximum Gasteiger partial charge on any atom is 0.254 e. The summed E-state index contributed by atoms with van der Waals surface area (Å²) >= 11 is 0. The topological polar surface area (TPSA) is 49.8 Å². The molecule has 114 valence electrons. The van der Waals surface area contributed by atoms with E-state index in [0.29, 0.717) is 19.7 Å². The monoisotopic (exact) mass is 297 g/mol. The lowest BCUT2D eigenvalue weighted by atomic mass is 10.1. The lowest BCUT2D eigenvalue weighted by molar-refractivity contribution is 0.0770. The number of amides is 1. The lowest BCUT2D eigenvalue weighted by Crippen LogP contribution is -2.26. The molecular formula is C18H19NO3. The molecule has 2 aromatic rings. The maximum absolute atomic E-state index is 12.2. The first kappa shape index (κ1) is 14.6. The highest BCUT2D eigenvalue weighted by Gasteiger charge is 2.25. The summed E-state index contributed by atoms with van der Waals surface area (Å²) in [5.74, 6) is 0.899. The summed E-state index contributed by atoms with van der Waals surface area (Å²) in [6, 6.07) is 15.1. The summed E-state index contributed by atoms with van der Waals surface area (Å²) in [7, 11) is 0. The fraction of sp³-hybridized carbons (Fsp3) is 0.278. The molecule has 3 rings (SSSR count).